The zero-order valence-electron chi connectivity index (χ0n) is 11.1. The predicted octanol–water partition coefficient (Wildman–Crippen LogP) is 1.81. The first-order chi connectivity index (χ1) is 8.61. The van der Waals surface area contributed by atoms with E-state index in [0.29, 0.717) is 12.0 Å². The molecule has 0 aliphatic carbocycles. The maximum absolute atomic E-state index is 4.60. The van der Waals surface area contributed by atoms with Gasteiger partial charge in [-0.1, -0.05) is 0 Å². The Morgan fingerprint density at radius 2 is 2.28 bits per heavy atom. The SMILES string of the molecule is CCNc1ncc(Br)c(N2CCN(C)CC2C)n1. The molecule has 1 N–H and O–H groups in total. The van der Waals surface area contributed by atoms with Crippen LogP contribution in [-0.4, -0.2) is 54.1 Å². The van der Waals surface area contributed by atoms with Crippen LogP contribution in [0.25, 0.3) is 0 Å². The zero-order valence-corrected chi connectivity index (χ0v) is 12.7. The molecule has 1 saturated heterocycles. The Bertz CT molecular complexity index is 411. The second-order valence-corrected chi connectivity index (χ2v) is 5.55. The smallest absolute Gasteiger partial charge is 0.224 e. The summed E-state index contributed by atoms with van der Waals surface area (Å²) in [4.78, 5) is 13.5. The molecule has 18 heavy (non-hydrogen) atoms. The molecule has 0 radical (unpaired) electrons. The number of aromatic nitrogens is 2. The molecule has 1 aromatic heterocycles. The van der Waals surface area contributed by atoms with Gasteiger partial charge in [-0.25, -0.2) is 4.98 Å². The maximum Gasteiger partial charge on any atom is 0.224 e. The molecule has 1 atom stereocenters. The van der Waals surface area contributed by atoms with Gasteiger partial charge in [0.05, 0.1) is 4.47 Å². The van der Waals surface area contributed by atoms with Crippen LogP contribution < -0.4 is 10.2 Å². The van der Waals surface area contributed by atoms with E-state index < -0.39 is 0 Å². The Labute approximate surface area is 117 Å². The molecule has 0 amide bonds. The summed E-state index contributed by atoms with van der Waals surface area (Å²) in [6, 6.07) is 0.462. The molecular weight excluding hydrogens is 294 g/mol. The quantitative estimate of drug-likeness (QED) is 0.922. The van der Waals surface area contributed by atoms with Crippen molar-refractivity contribution in [2.45, 2.75) is 19.9 Å². The highest BCUT2D eigenvalue weighted by Crippen LogP contribution is 2.27. The number of hydrogen-bond acceptors (Lipinski definition) is 5. The minimum Gasteiger partial charge on any atom is -0.354 e. The Morgan fingerprint density at radius 1 is 1.50 bits per heavy atom. The molecule has 1 unspecified atom stereocenters. The van der Waals surface area contributed by atoms with E-state index in [9.17, 15) is 0 Å². The number of nitrogens with one attached hydrogen (secondary N) is 1. The van der Waals surface area contributed by atoms with Crippen LogP contribution in [0.1, 0.15) is 13.8 Å². The van der Waals surface area contributed by atoms with Crippen LogP contribution in [-0.2, 0) is 0 Å². The van der Waals surface area contributed by atoms with E-state index in [-0.39, 0.29) is 0 Å². The molecule has 5 nitrogen and oxygen atoms in total. The van der Waals surface area contributed by atoms with Crippen molar-refractivity contribution in [1.82, 2.24) is 14.9 Å². The Balaban J connectivity index is 2.23. The van der Waals surface area contributed by atoms with E-state index in [2.05, 4.69) is 55.0 Å². The normalized spacial score (nSPS) is 21.1. The highest BCUT2D eigenvalue weighted by molar-refractivity contribution is 9.10. The van der Waals surface area contributed by atoms with Crippen LogP contribution in [0, 0.1) is 0 Å². The van der Waals surface area contributed by atoms with Gasteiger partial charge in [0.15, 0.2) is 0 Å². The van der Waals surface area contributed by atoms with E-state index in [1.165, 1.54) is 0 Å². The summed E-state index contributed by atoms with van der Waals surface area (Å²) in [5.74, 6) is 1.68. The van der Waals surface area contributed by atoms with Gasteiger partial charge < -0.3 is 15.1 Å². The monoisotopic (exact) mass is 313 g/mol. The van der Waals surface area contributed by atoms with Crippen LogP contribution in [0.5, 0.6) is 0 Å². The molecule has 6 heteroatoms. The summed E-state index contributed by atoms with van der Waals surface area (Å²) in [6.07, 6.45) is 1.82. The van der Waals surface area contributed by atoms with Crippen LogP contribution in [0.3, 0.4) is 0 Å². The number of hydrogen-bond donors (Lipinski definition) is 1. The van der Waals surface area contributed by atoms with Gasteiger partial charge in [-0.3, -0.25) is 0 Å². The van der Waals surface area contributed by atoms with E-state index in [1.807, 2.05) is 13.1 Å². The van der Waals surface area contributed by atoms with E-state index in [1.54, 1.807) is 0 Å². The van der Waals surface area contributed by atoms with Crippen LogP contribution in [0.15, 0.2) is 10.7 Å². The standard InChI is InChI=1S/C12H20BrN5/c1-4-14-12-15-7-10(13)11(16-12)18-6-5-17(3)8-9(18)2/h7,9H,4-6,8H2,1-3H3,(H,14,15,16). The predicted molar refractivity (Wildman–Crippen MR) is 78.2 cm³/mol. The summed E-state index contributed by atoms with van der Waals surface area (Å²) in [7, 11) is 2.16. The first-order valence-corrected chi connectivity index (χ1v) is 7.12. The number of piperazine rings is 1. The fourth-order valence-electron chi connectivity index (χ4n) is 2.26. The van der Waals surface area contributed by atoms with Crippen molar-refractivity contribution >= 4 is 27.7 Å². The highest BCUT2D eigenvalue weighted by Gasteiger charge is 2.24. The lowest BCUT2D eigenvalue weighted by Gasteiger charge is -2.39. The maximum atomic E-state index is 4.60. The first-order valence-electron chi connectivity index (χ1n) is 6.33. The fraction of sp³-hybridized carbons (Fsp3) is 0.667. The van der Waals surface area contributed by atoms with Crippen molar-refractivity contribution in [1.29, 1.82) is 0 Å². The number of nitrogens with zero attached hydrogens (tertiary/aromatic N) is 4. The lowest BCUT2D eigenvalue weighted by atomic mass is 10.2. The van der Waals surface area contributed by atoms with Gasteiger partial charge in [-0.2, -0.15) is 4.98 Å². The summed E-state index contributed by atoms with van der Waals surface area (Å²) in [5.41, 5.74) is 0. The first kappa shape index (κ1) is 13.5. The van der Waals surface area contributed by atoms with Gasteiger partial charge in [0, 0.05) is 38.4 Å². The van der Waals surface area contributed by atoms with Crippen LogP contribution in [0.2, 0.25) is 0 Å². The van der Waals surface area contributed by atoms with Gasteiger partial charge >= 0.3 is 0 Å². The minimum atomic E-state index is 0.462. The summed E-state index contributed by atoms with van der Waals surface area (Å²) >= 11 is 3.55. The average Bonchev–Trinajstić information content (AvgIpc) is 2.33. The van der Waals surface area contributed by atoms with Crippen molar-refractivity contribution < 1.29 is 0 Å². The Hall–Kier alpha value is -0.880. The third kappa shape index (κ3) is 2.92. The Kier molecular flexibility index (Phi) is 4.40. The van der Waals surface area contributed by atoms with Gasteiger partial charge in [0.2, 0.25) is 5.95 Å². The molecule has 1 aliphatic heterocycles. The van der Waals surface area contributed by atoms with Gasteiger partial charge in [-0.15, -0.1) is 0 Å². The van der Waals surface area contributed by atoms with E-state index >= 15 is 0 Å². The molecular formula is C12H20BrN5. The van der Waals surface area contributed by atoms with Crippen molar-refractivity contribution in [3.63, 3.8) is 0 Å². The van der Waals surface area contributed by atoms with Crippen LogP contribution in [0.4, 0.5) is 11.8 Å². The number of rotatable bonds is 3. The largest absolute Gasteiger partial charge is 0.354 e. The van der Waals surface area contributed by atoms with Crippen LogP contribution >= 0.6 is 15.9 Å². The molecule has 0 bridgehead atoms. The topological polar surface area (TPSA) is 44.3 Å². The van der Waals surface area contributed by atoms with Crippen molar-refractivity contribution in [3.05, 3.63) is 10.7 Å². The number of anilines is 2. The minimum absolute atomic E-state index is 0.462. The molecule has 2 rings (SSSR count). The molecule has 1 fully saturated rings. The average molecular weight is 314 g/mol. The molecule has 0 spiro atoms. The summed E-state index contributed by atoms with van der Waals surface area (Å²) in [5, 5.41) is 3.16. The summed E-state index contributed by atoms with van der Waals surface area (Å²) in [6.45, 7) is 8.24. The third-order valence-electron chi connectivity index (χ3n) is 3.16. The van der Waals surface area contributed by atoms with E-state index in [4.69, 9.17) is 0 Å². The number of likely N-dealkylation sites (N-methyl/N-ethyl adjacent to an activating group) is 1. The highest BCUT2D eigenvalue weighted by atomic mass is 79.9. The second-order valence-electron chi connectivity index (χ2n) is 4.70. The van der Waals surface area contributed by atoms with Crippen molar-refractivity contribution in [2.24, 2.45) is 0 Å². The van der Waals surface area contributed by atoms with Crippen molar-refractivity contribution in [2.75, 3.05) is 43.4 Å². The molecule has 0 saturated carbocycles. The lowest BCUT2D eigenvalue weighted by molar-refractivity contribution is 0.274. The molecule has 100 valence electrons. The lowest BCUT2D eigenvalue weighted by Crippen LogP contribution is -2.51. The Morgan fingerprint density at radius 3 is 2.94 bits per heavy atom. The van der Waals surface area contributed by atoms with Gasteiger partial charge in [-0.05, 0) is 36.8 Å². The molecule has 0 aromatic carbocycles. The van der Waals surface area contributed by atoms with Crippen molar-refractivity contribution in [3.8, 4) is 0 Å². The zero-order chi connectivity index (χ0) is 13.1. The molecule has 1 aliphatic rings. The van der Waals surface area contributed by atoms with E-state index in [0.717, 1.165) is 36.5 Å². The second kappa shape index (κ2) is 5.84. The summed E-state index contributed by atoms with van der Waals surface area (Å²) < 4.78 is 0.959. The number of halogens is 1. The fourth-order valence-corrected chi connectivity index (χ4v) is 2.68. The molecule has 2 heterocycles. The van der Waals surface area contributed by atoms with Gasteiger partial charge in [0.1, 0.15) is 5.82 Å². The van der Waals surface area contributed by atoms with Gasteiger partial charge in [0.25, 0.3) is 0 Å². The third-order valence-corrected chi connectivity index (χ3v) is 3.72. The molecule has 1 aromatic rings.